The first-order valence-corrected chi connectivity index (χ1v) is 4.91. The van der Waals surface area contributed by atoms with Crippen LogP contribution in [0.4, 0.5) is 4.79 Å². The Bertz CT molecular complexity index is 220. The standard InChI is InChI=1S/C9H16N2O2/c1-6-4-7-2-3-11(9(12)13)8(7)5-10-6/h6-8,10H,2-5H2,1H3,(H,12,13). The summed E-state index contributed by atoms with van der Waals surface area (Å²) in [5.41, 5.74) is 0. The summed E-state index contributed by atoms with van der Waals surface area (Å²) in [6, 6.07) is 0.781. The maximum Gasteiger partial charge on any atom is 0.407 e. The molecule has 0 aromatic heterocycles. The molecule has 0 radical (unpaired) electrons. The molecular weight excluding hydrogens is 168 g/mol. The van der Waals surface area contributed by atoms with Crippen LogP contribution in [0.2, 0.25) is 0 Å². The number of nitrogens with one attached hydrogen (secondary N) is 1. The molecule has 2 saturated heterocycles. The van der Waals surface area contributed by atoms with E-state index in [4.69, 9.17) is 5.11 Å². The first-order valence-electron chi connectivity index (χ1n) is 4.91. The van der Waals surface area contributed by atoms with Crippen molar-refractivity contribution >= 4 is 6.09 Å². The van der Waals surface area contributed by atoms with Crippen LogP contribution in [0, 0.1) is 5.92 Å². The highest BCUT2D eigenvalue weighted by Crippen LogP contribution is 2.30. The van der Waals surface area contributed by atoms with Gasteiger partial charge in [0.25, 0.3) is 0 Å². The summed E-state index contributed by atoms with van der Waals surface area (Å²) in [7, 11) is 0. The summed E-state index contributed by atoms with van der Waals surface area (Å²) in [6.45, 7) is 3.72. The van der Waals surface area contributed by atoms with Gasteiger partial charge in [0, 0.05) is 19.1 Å². The van der Waals surface area contributed by atoms with Crippen molar-refractivity contribution in [2.45, 2.75) is 31.8 Å². The van der Waals surface area contributed by atoms with Crippen LogP contribution < -0.4 is 5.32 Å². The smallest absolute Gasteiger partial charge is 0.407 e. The van der Waals surface area contributed by atoms with Crippen molar-refractivity contribution < 1.29 is 9.90 Å². The van der Waals surface area contributed by atoms with Gasteiger partial charge < -0.3 is 15.3 Å². The first-order chi connectivity index (χ1) is 6.18. The molecule has 3 atom stereocenters. The molecule has 0 saturated carbocycles. The van der Waals surface area contributed by atoms with Crippen LogP contribution in [-0.4, -0.2) is 41.3 Å². The number of amides is 1. The summed E-state index contributed by atoms with van der Waals surface area (Å²) < 4.78 is 0. The zero-order valence-corrected chi connectivity index (χ0v) is 7.86. The van der Waals surface area contributed by atoms with Crippen LogP contribution in [0.15, 0.2) is 0 Å². The minimum atomic E-state index is -0.760. The van der Waals surface area contributed by atoms with Gasteiger partial charge in [0.15, 0.2) is 0 Å². The number of likely N-dealkylation sites (tertiary alicyclic amines) is 1. The molecule has 2 rings (SSSR count). The number of carbonyl (C=O) groups is 1. The van der Waals surface area contributed by atoms with Gasteiger partial charge >= 0.3 is 6.09 Å². The van der Waals surface area contributed by atoms with Gasteiger partial charge in [-0.1, -0.05) is 0 Å². The minimum Gasteiger partial charge on any atom is -0.465 e. The SMILES string of the molecule is CC1CC2CCN(C(=O)O)C2CN1. The lowest BCUT2D eigenvalue weighted by Gasteiger charge is -2.34. The quantitative estimate of drug-likeness (QED) is 0.583. The zero-order chi connectivity index (χ0) is 9.42. The lowest BCUT2D eigenvalue weighted by atomic mass is 9.89. The average molecular weight is 184 g/mol. The van der Waals surface area contributed by atoms with Crippen LogP contribution in [0.5, 0.6) is 0 Å². The second-order valence-corrected chi connectivity index (χ2v) is 4.14. The molecule has 4 heteroatoms. The van der Waals surface area contributed by atoms with Crippen molar-refractivity contribution in [3.63, 3.8) is 0 Å². The monoisotopic (exact) mass is 184 g/mol. The van der Waals surface area contributed by atoms with E-state index in [0.29, 0.717) is 12.0 Å². The maximum absolute atomic E-state index is 10.8. The van der Waals surface area contributed by atoms with Gasteiger partial charge in [-0.05, 0) is 25.7 Å². The average Bonchev–Trinajstić information content (AvgIpc) is 2.46. The predicted molar refractivity (Wildman–Crippen MR) is 48.7 cm³/mol. The van der Waals surface area contributed by atoms with Crippen molar-refractivity contribution in [1.29, 1.82) is 0 Å². The van der Waals surface area contributed by atoms with Crippen molar-refractivity contribution in [2.24, 2.45) is 5.92 Å². The molecule has 0 aliphatic carbocycles. The zero-order valence-electron chi connectivity index (χ0n) is 7.86. The molecule has 74 valence electrons. The molecule has 2 aliphatic rings. The van der Waals surface area contributed by atoms with Crippen LogP contribution >= 0.6 is 0 Å². The fraction of sp³-hybridized carbons (Fsp3) is 0.889. The molecule has 0 bridgehead atoms. The maximum atomic E-state index is 10.8. The number of nitrogens with zero attached hydrogens (tertiary/aromatic N) is 1. The van der Waals surface area contributed by atoms with Gasteiger partial charge in [0.05, 0.1) is 6.04 Å². The van der Waals surface area contributed by atoms with E-state index < -0.39 is 6.09 Å². The van der Waals surface area contributed by atoms with E-state index >= 15 is 0 Å². The Kier molecular flexibility index (Phi) is 2.15. The Morgan fingerprint density at radius 2 is 2.38 bits per heavy atom. The number of fused-ring (bicyclic) bond motifs is 1. The Labute approximate surface area is 77.9 Å². The fourth-order valence-electron chi connectivity index (χ4n) is 2.57. The van der Waals surface area contributed by atoms with E-state index in [1.165, 1.54) is 0 Å². The molecular formula is C9H16N2O2. The van der Waals surface area contributed by atoms with E-state index in [1.54, 1.807) is 4.90 Å². The van der Waals surface area contributed by atoms with Crippen molar-refractivity contribution in [1.82, 2.24) is 10.2 Å². The summed E-state index contributed by atoms with van der Waals surface area (Å²) in [5, 5.41) is 12.2. The molecule has 0 spiro atoms. The molecule has 13 heavy (non-hydrogen) atoms. The van der Waals surface area contributed by atoms with Crippen LogP contribution in [0.1, 0.15) is 19.8 Å². The van der Waals surface area contributed by atoms with Gasteiger partial charge in [-0.2, -0.15) is 0 Å². The van der Waals surface area contributed by atoms with E-state index in [9.17, 15) is 4.79 Å². The highest BCUT2D eigenvalue weighted by Gasteiger charge is 2.39. The van der Waals surface area contributed by atoms with Gasteiger partial charge in [-0.15, -0.1) is 0 Å². The van der Waals surface area contributed by atoms with Crippen LogP contribution in [-0.2, 0) is 0 Å². The third kappa shape index (κ3) is 1.50. The summed E-state index contributed by atoms with van der Waals surface area (Å²) >= 11 is 0. The van der Waals surface area contributed by atoms with Crippen LogP contribution in [0.25, 0.3) is 0 Å². The predicted octanol–water partition coefficient (Wildman–Crippen LogP) is 0.737. The molecule has 4 nitrogen and oxygen atoms in total. The number of hydrogen-bond acceptors (Lipinski definition) is 2. The summed E-state index contributed by atoms with van der Waals surface area (Å²) in [6.07, 6.45) is 1.40. The molecule has 3 unspecified atom stereocenters. The molecule has 2 N–H and O–H groups in total. The molecule has 2 fully saturated rings. The van der Waals surface area contributed by atoms with Crippen LogP contribution in [0.3, 0.4) is 0 Å². The van der Waals surface area contributed by atoms with E-state index in [2.05, 4.69) is 12.2 Å². The molecule has 0 aromatic rings. The highest BCUT2D eigenvalue weighted by molar-refractivity contribution is 5.66. The molecule has 2 heterocycles. The largest absolute Gasteiger partial charge is 0.465 e. The van der Waals surface area contributed by atoms with Gasteiger partial charge in [-0.25, -0.2) is 4.79 Å². The van der Waals surface area contributed by atoms with Gasteiger partial charge in [0.2, 0.25) is 0 Å². The summed E-state index contributed by atoms with van der Waals surface area (Å²) in [5.74, 6) is 0.590. The molecule has 2 aliphatic heterocycles. The number of hydrogen-bond donors (Lipinski definition) is 2. The van der Waals surface area contributed by atoms with Crippen molar-refractivity contribution in [2.75, 3.05) is 13.1 Å². The highest BCUT2D eigenvalue weighted by atomic mass is 16.4. The lowest BCUT2D eigenvalue weighted by molar-refractivity contribution is 0.124. The normalized spacial score (nSPS) is 38.8. The van der Waals surface area contributed by atoms with Crippen molar-refractivity contribution in [3.05, 3.63) is 0 Å². The first kappa shape index (κ1) is 8.81. The van der Waals surface area contributed by atoms with Gasteiger partial charge in [0.1, 0.15) is 0 Å². The van der Waals surface area contributed by atoms with Crippen molar-refractivity contribution in [3.8, 4) is 0 Å². The Balaban J connectivity index is 2.04. The topological polar surface area (TPSA) is 52.6 Å². The third-order valence-corrected chi connectivity index (χ3v) is 3.26. The molecule has 1 amide bonds. The van der Waals surface area contributed by atoms with E-state index in [0.717, 1.165) is 25.9 Å². The fourth-order valence-corrected chi connectivity index (χ4v) is 2.57. The van der Waals surface area contributed by atoms with E-state index in [1.807, 2.05) is 0 Å². The molecule has 0 aromatic carbocycles. The number of carboxylic acid groups (broad SMARTS) is 1. The summed E-state index contributed by atoms with van der Waals surface area (Å²) in [4.78, 5) is 12.4. The number of rotatable bonds is 0. The number of piperidine rings is 1. The third-order valence-electron chi connectivity index (χ3n) is 3.26. The lowest BCUT2D eigenvalue weighted by Crippen LogP contribution is -2.50. The minimum absolute atomic E-state index is 0.230. The second-order valence-electron chi connectivity index (χ2n) is 4.14. The Hall–Kier alpha value is -0.770. The second kappa shape index (κ2) is 3.18. The Morgan fingerprint density at radius 3 is 3.08 bits per heavy atom. The Morgan fingerprint density at radius 1 is 1.62 bits per heavy atom. The van der Waals surface area contributed by atoms with Gasteiger partial charge in [-0.3, -0.25) is 0 Å². The van der Waals surface area contributed by atoms with E-state index in [-0.39, 0.29) is 6.04 Å².